The van der Waals surface area contributed by atoms with Gasteiger partial charge in [0.05, 0.1) is 24.4 Å². The van der Waals surface area contributed by atoms with Gasteiger partial charge >= 0.3 is 0 Å². The van der Waals surface area contributed by atoms with E-state index in [0.29, 0.717) is 37.9 Å². The number of ether oxygens (including phenoxy) is 1. The van der Waals surface area contributed by atoms with Crippen molar-refractivity contribution in [3.05, 3.63) is 64.2 Å². The Bertz CT molecular complexity index is 1100. The maximum Gasteiger partial charge on any atom is 0.269 e. The minimum Gasteiger partial charge on any atom is -0.508 e. The van der Waals surface area contributed by atoms with Gasteiger partial charge in [0, 0.05) is 30.9 Å². The molecule has 2 aromatic carbocycles. The molecule has 12 nitrogen and oxygen atoms in total. The number of nitro groups is 1. The molecular weight excluding hydrogens is 416 g/mol. The second-order valence-corrected chi connectivity index (χ2v) is 6.77. The van der Waals surface area contributed by atoms with Crippen LogP contribution in [0.4, 0.5) is 29.2 Å². The molecule has 0 aliphatic carbocycles. The van der Waals surface area contributed by atoms with Crippen molar-refractivity contribution in [3.63, 3.8) is 0 Å². The van der Waals surface area contributed by atoms with E-state index in [-0.39, 0.29) is 23.3 Å². The van der Waals surface area contributed by atoms with Gasteiger partial charge in [0.2, 0.25) is 17.8 Å². The van der Waals surface area contributed by atoms with E-state index >= 15 is 0 Å². The fraction of sp³-hybridized carbons (Fsp3) is 0.200. The molecule has 0 atom stereocenters. The van der Waals surface area contributed by atoms with E-state index in [9.17, 15) is 15.2 Å². The van der Waals surface area contributed by atoms with Crippen LogP contribution in [-0.2, 0) is 4.74 Å². The first-order valence-electron chi connectivity index (χ1n) is 9.75. The lowest BCUT2D eigenvalue weighted by Crippen LogP contribution is -2.37. The molecule has 0 bridgehead atoms. The van der Waals surface area contributed by atoms with Crippen molar-refractivity contribution < 1.29 is 14.8 Å². The largest absolute Gasteiger partial charge is 0.508 e. The smallest absolute Gasteiger partial charge is 0.269 e. The van der Waals surface area contributed by atoms with E-state index in [1.165, 1.54) is 12.1 Å². The van der Waals surface area contributed by atoms with Gasteiger partial charge in [0.25, 0.3) is 5.69 Å². The second-order valence-electron chi connectivity index (χ2n) is 6.77. The van der Waals surface area contributed by atoms with Gasteiger partial charge in [-0.15, -0.1) is 0 Å². The molecule has 4 rings (SSSR count). The summed E-state index contributed by atoms with van der Waals surface area (Å²) in [5, 5.41) is 27.4. The Balaban J connectivity index is 1.55. The first kappa shape index (κ1) is 20.9. The third kappa shape index (κ3) is 5.43. The van der Waals surface area contributed by atoms with Crippen molar-refractivity contribution in [2.24, 2.45) is 5.10 Å². The number of hydrogen-bond donors (Lipinski definition) is 3. The summed E-state index contributed by atoms with van der Waals surface area (Å²) in [6.45, 7) is 2.41. The number of non-ortho nitro benzene ring substituents is 1. The van der Waals surface area contributed by atoms with Crippen LogP contribution in [0.2, 0.25) is 0 Å². The zero-order valence-corrected chi connectivity index (χ0v) is 16.9. The quantitative estimate of drug-likeness (QED) is 0.286. The summed E-state index contributed by atoms with van der Waals surface area (Å²) in [4.78, 5) is 25.6. The van der Waals surface area contributed by atoms with Crippen molar-refractivity contribution in [1.29, 1.82) is 0 Å². The number of anilines is 4. The lowest BCUT2D eigenvalue weighted by Gasteiger charge is -2.27. The molecule has 1 aliphatic rings. The highest BCUT2D eigenvalue weighted by atomic mass is 16.6. The zero-order chi connectivity index (χ0) is 22.3. The summed E-state index contributed by atoms with van der Waals surface area (Å²) in [6.07, 6.45) is 1.57. The Labute approximate surface area is 182 Å². The van der Waals surface area contributed by atoms with Crippen LogP contribution in [0.5, 0.6) is 5.75 Å². The number of hydrogen-bond acceptors (Lipinski definition) is 11. The Kier molecular flexibility index (Phi) is 6.32. The highest BCUT2D eigenvalue weighted by Crippen LogP contribution is 2.21. The zero-order valence-electron chi connectivity index (χ0n) is 16.9. The van der Waals surface area contributed by atoms with Crippen LogP contribution < -0.4 is 15.6 Å². The van der Waals surface area contributed by atoms with E-state index in [1.807, 2.05) is 4.90 Å². The monoisotopic (exact) mass is 436 g/mol. The van der Waals surface area contributed by atoms with E-state index in [0.717, 1.165) is 5.56 Å². The van der Waals surface area contributed by atoms with Crippen molar-refractivity contribution in [1.82, 2.24) is 15.0 Å². The molecule has 2 heterocycles. The van der Waals surface area contributed by atoms with Crippen LogP contribution in [0.3, 0.4) is 0 Å². The fourth-order valence-electron chi connectivity index (χ4n) is 2.90. The molecule has 3 aromatic rings. The minimum absolute atomic E-state index is 0.00822. The molecule has 0 unspecified atom stereocenters. The Morgan fingerprint density at radius 1 is 1.03 bits per heavy atom. The van der Waals surface area contributed by atoms with Crippen LogP contribution in [0.25, 0.3) is 0 Å². The van der Waals surface area contributed by atoms with E-state index < -0.39 is 4.92 Å². The third-order valence-corrected chi connectivity index (χ3v) is 4.52. The number of phenols is 1. The molecule has 0 amide bonds. The molecule has 3 N–H and O–H groups in total. The van der Waals surface area contributed by atoms with Gasteiger partial charge in [-0.05, 0) is 42.0 Å². The normalized spacial score (nSPS) is 13.8. The predicted molar refractivity (Wildman–Crippen MR) is 119 cm³/mol. The average Bonchev–Trinajstić information content (AvgIpc) is 2.81. The van der Waals surface area contributed by atoms with Gasteiger partial charge in [0.15, 0.2) is 0 Å². The lowest BCUT2D eigenvalue weighted by atomic mass is 10.2. The molecule has 1 saturated heterocycles. The molecule has 12 heteroatoms. The number of phenolic OH excluding ortho intramolecular Hbond substituents is 1. The number of aromatic nitrogens is 3. The maximum atomic E-state index is 10.9. The van der Waals surface area contributed by atoms with Gasteiger partial charge in [-0.1, -0.05) is 0 Å². The summed E-state index contributed by atoms with van der Waals surface area (Å²) in [5.41, 5.74) is 4.16. The van der Waals surface area contributed by atoms with Gasteiger partial charge < -0.3 is 20.1 Å². The number of morpholine rings is 1. The van der Waals surface area contributed by atoms with Crippen molar-refractivity contribution in [3.8, 4) is 5.75 Å². The lowest BCUT2D eigenvalue weighted by molar-refractivity contribution is -0.384. The first-order chi connectivity index (χ1) is 15.6. The molecule has 0 radical (unpaired) electrons. The Morgan fingerprint density at radius 2 is 1.72 bits per heavy atom. The minimum atomic E-state index is -0.461. The van der Waals surface area contributed by atoms with Gasteiger partial charge in [-0.25, -0.2) is 5.43 Å². The Hall–Kier alpha value is -4.32. The molecule has 1 aromatic heterocycles. The number of nitrogens with one attached hydrogen (secondary N) is 2. The van der Waals surface area contributed by atoms with Gasteiger partial charge in [-0.2, -0.15) is 20.1 Å². The van der Waals surface area contributed by atoms with E-state index in [2.05, 4.69) is 30.8 Å². The first-order valence-corrected chi connectivity index (χ1v) is 9.75. The highest BCUT2D eigenvalue weighted by molar-refractivity contribution is 5.80. The molecule has 0 spiro atoms. The summed E-state index contributed by atoms with van der Waals surface area (Å²) in [7, 11) is 0. The summed E-state index contributed by atoms with van der Waals surface area (Å²) < 4.78 is 5.39. The van der Waals surface area contributed by atoms with Crippen molar-refractivity contribution in [2.75, 3.05) is 41.9 Å². The van der Waals surface area contributed by atoms with Gasteiger partial charge in [-0.3, -0.25) is 10.1 Å². The summed E-state index contributed by atoms with van der Waals surface area (Å²) in [6, 6.07) is 12.5. The molecule has 164 valence electrons. The van der Waals surface area contributed by atoms with E-state index in [4.69, 9.17) is 4.74 Å². The SMILES string of the molecule is O=[N+]([O-])c1ccc(Nc2nc(NN=Cc3ccc(O)cc3)nc(N3CCOCC3)n2)cc1. The summed E-state index contributed by atoms with van der Waals surface area (Å²) >= 11 is 0. The standard InChI is InChI=1S/C20H20N8O4/c29-17-7-1-14(2-8-17)13-21-26-19-23-18(22-15-3-5-16(6-4-15)28(30)31)24-20(25-19)27-9-11-32-12-10-27/h1-8,13,29H,9-12H2,(H2,22,23,24,25,26). The van der Waals surface area contributed by atoms with Crippen LogP contribution in [0, 0.1) is 10.1 Å². The van der Waals surface area contributed by atoms with Crippen molar-refractivity contribution in [2.45, 2.75) is 0 Å². The highest BCUT2D eigenvalue weighted by Gasteiger charge is 2.17. The summed E-state index contributed by atoms with van der Waals surface area (Å²) in [5.74, 6) is 1.11. The maximum absolute atomic E-state index is 10.9. The van der Waals surface area contributed by atoms with Crippen LogP contribution in [0.15, 0.2) is 53.6 Å². The van der Waals surface area contributed by atoms with Crippen LogP contribution in [0.1, 0.15) is 5.56 Å². The predicted octanol–water partition coefficient (Wildman–Crippen LogP) is 2.51. The number of rotatable bonds is 7. The average molecular weight is 436 g/mol. The topological polar surface area (TPSA) is 151 Å². The third-order valence-electron chi connectivity index (χ3n) is 4.52. The number of nitrogens with zero attached hydrogens (tertiary/aromatic N) is 6. The molecule has 32 heavy (non-hydrogen) atoms. The molecular formula is C20H20N8O4. The van der Waals surface area contributed by atoms with E-state index in [1.54, 1.807) is 42.6 Å². The Morgan fingerprint density at radius 3 is 2.41 bits per heavy atom. The van der Waals surface area contributed by atoms with Crippen LogP contribution in [-0.4, -0.2) is 57.5 Å². The number of benzene rings is 2. The number of nitro benzene ring substituents is 1. The van der Waals surface area contributed by atoms with Gasteiger partial charge in [0.1, 0.15) is 5.75 Å². The second kappa shape index (κ2) is 9.66. The number of aromatic hydroxyl groups is 1. The van der Waals surface area contributed by atoms with Crippen LogP contribution >= 0.6 is 0 Å². The molecule has 1 aliphatic heterocycles. The molecule has 1 fully saturated rings. The number of hydrazone groups is 1. The molecule has 0 saturated carbocycles. The van der Waals surface area contributed by atoms with Crippen molar-refractivity contribution >= 4 is 35.4 Å². The fourth-order valence-corrected chi connectivity index (χ4v) is 2.90.